The molecule has 0 radical (unpaired) electrons. The molecule has 0 aromatic rings. The summed E-state index contributed by atoms with van der Waals surface area (Å²) in [5.41, 5.74) is 0. The molecule has 0 aliphatic carbocycles. The largest absolute Gasteiger partial charge is 0.481 e. The van der Waals surface area contributed by atoms with E-state index in [-0.39, 0.29) is 12.3 Å². The van der Waals surface area contributed by atoms with E-state index in [0.29, 0.717) is 5.92 Å². The fourth-order valence-electron chi connectivity index (χ4n) is 1.07. The highest BCUT2D eigenvalue weighted by molar-refractivity contribution is 7.79. The van der Waals surface area contributed by atoms with E-state index < -0.39 is 5.97 Å². The number of carboxylic acids is 1. The third-order valence-corrected chi connectivity index (χ3v) is 1.99. The van der Waals surface area contributed by atoms with Gasteiger partial charge < -0.3 is 5.11 Å². The molecule has 0 aliphatic rings. The van der Waals surface area contributed by atoms with Crippen LogP contribution in [0.4, 0.5) is 0 Å². The molecule has 2 atom stereocenters. The fourth-order valence-corrected chi connectivity index (χ4v) is 1.18. The molecule has 0 fully saturated rings. The molecule has 2 nitrogen and oxygen atoms in total. The van der Waals surface area contributed by atoms with Crippen LogP contribution in [0.2, 0.25) is 0 Å². The lowest BCUT2D eigenvalue weighted by Crippen LogP contribution is -2.08. The quantitative estimate of drug-likeness (QED) is 0.649. The Hall–Kier alpha value is -0.440. The van der Waals surface area contributed by atoms with Gasteiger partial charge in [-0.15, -0.1) is 0 Å². The van der Waals surface area contributed by atoms with Gasteiger partial charge in [0.1, 0.15) is 0 Å². The highest BCUT2D eigenvalue weighted by atomic mass is 32.1. The van der Waals surface area contributed by atoms with Crippen LogP contribution in [0.15, 0.2) is 0 Å². The van der Waals surface area contributed by atoms with Gasteiger partial charge in [0.2, 0.25) is 0 Å². The lowest BCUT2D eigenvalue weighted by molar-refractivity contribution is -0.138. The van der Waals surface area contributed by atoms with E-state index in [4.69, 9.17) is 17.3 Å². The molecule has 3 heteroatoms. The van der Waals surface area contributed by atoms with Crippen molar-refractivity contribution in [1.29, 1.82) is 0 Å². The summed E-state index contributed by atoms with van der Waals surface area (Å²) in [5, 5.41) is 10.1. The zero-order chi connectivity index (χ0) is 8.85. The first kappa shape index (κ1) is 10.6. The van der Waals surface area contributed by atoms with Gasteiger partial charge in [0.15, 0.2) is 0 Å². The Bertz CT molecular complexity index is 145. The highest BCUT2D eigenvalue weighted by Crippen LogP contribution is 2.13. The van der Waals surface area contributed by atoms with E-state index in [1.807, 2.05) is 13.8 Å². The van der Waals surface area contributed by atoms with Crippen LogP contribution in [-0.4, -0.2) is 16.4 Å². The molecule has 0 aromatic heterocycles. The van der Waals surface area contributed by atoms with Crippen LogP contribution in [0.1, 0.15) is 26.7 Å². The second kappa shape index (κ2) is 5.24. The summed E-state index contributed by atoms with van der Waals surface area (Å²) in [6.45, 7) is 3.94. The molecule has 0 spiro atoms. The van der Waals surface area contributed by atoms with Crippen LogP contribution in [0.5, 0.6) is 0 Å². The maximum absolute atomic E-state index is 10.2. The predicted octanol–water partition coefficient (Wildman–Crippen LogP) is 2.12. The Morgan fingerprint density at radius 2 is 2.18 bits per heavy atom. The number of rotatable bonds is 5. The number of carboxylic acid groups (broad SMARTS) is 1. The Kier molecular flexibility index (Phi) is 5.03. The van der Waals surface area contributed by atoms with Crippen molar-refractivity contribution in [2.24, 2.45) is 11.8 Å². The summed E-state index contributed by atoms with van der Waals surface area (Å²) >= 11 is 4.73. The topological polar surface area (TPSA) is 37.3 Å². The first-order valence-corrected chi connectivity index (χ1v) is 4.20. The van der Waals surface area contributed by atoms with E-state index in [1.165, 1.54) is 0 Å². The van der Waals surface area contributed by atoms with Crippen LogP contribution in [0.3, 0.4) is 0 Å². The van der Waals surface area contributed by atoms with Crippen LogP contribution >= 0.6 is 12.2 Å². The van der Waals surface area contributed by atoms with Gasteiger partial charge in [0.25, 0.3) is 0 Å². The van der Waals surface area contributed by atoms with Crippen molar-refractivity contribution in [3.8, 4) is 0 Å². The van der Waals surface area contributed by atoms with Crippen LogP contribution in [0.25, 0.3) is 0 Å². The van der Waals surface area contributed by atoms with E-state index in [9.17, 15) is 4.79 Å². The predicted molar refractivity (Wildman–Crippen MR) is 48.9 cm³/mol. The van der Waals surface area contributed by atoms with E-state index >= 15 is 0 Å². The summed E-state index contributed by atoms with van der Waals surface area (Å²) in [6, 6.07) is 0. The molecule has 64 valence electrons. The minimum absolute atomic E-state index is 0.224. The monoisotopic (exact) mass is 174 g/mol. The van der Waals surface area contributed by atoms with Gasteiger partial charge in [0, 0.05) is 6.42 Å². The Labute approximate surface area is 72.6 Å². The first-order chi connectivity index (χ1) is 5.06. The normalized spacial score (nSPS) is 15.5. The molecule has 0 aliphatic heterocycles. The summed E-state index contributed by atoms with van der Waals surface area (Å²) in [7, 11) is 0. The van der Waals surface area contributed by atoms with Crippen LogP contribution in [0, 0.1) is 11.8 Å². The van der Waals surface area contributed by atoms with Crippen LogP contribution in [-0.2, 0) is 4.79 Å². The molecule has 0 saturated carbocycles. The molecule has 0 saturated heterocycles. The molecular formula is C8H14O2S. The summed E-state index contributed by atoms with van der Waals surface area (Å²) in [4.78, 5) is 10.2. The van der Waals surface area contributed by atoms with Gasteiger partial charge in [-0.05, 0) is 23.6 Å². The maximum atomic E-state index is 10.2. The Morgan fingerprint density at radius 3 is 2.55 bits per heavy atom. The third kappa shape index (κ3) is 5.98. The van der Waals surface area contributed by atoms with Gasteiger partial charge >= 0.3 is 5.97 Å². The van der Waals surface area contributed by atoms with Crippen molar-refractivity contribution in [2.75, 3.05) is 0 Å². The average Bonchev–Trinajstić information content (AvgIpc) is 1.85. The molecule has 2 unspecified atom stereocenters. The highest BCUT2D eigenvalue weighted by Gasteiger charge is 2.09. The molecule has 0 bridgehead atoms. The zero-order valence-electron chi connectivity index (χ0n) is 6.91. The molecule has 0 heterocycles. The van der Waals surface area contributed by atoms with Crippen LogP contribution < -0.4 is 0 Å². The Morgan fingerprint density at radius 1 is 1.64 bits per heavy atom. The second-order valence-corrected chi connectivity index (χ2v) is 3.32. The lowest BCUT2D eigenvalue weighted by atomic mass is 9.96. The lowest BCUT2D eigenvalue weighted by Gasteiger charge is -2.10. The van der Waals surface area contributed by atoms with Crippen molar-refractivity contribution in [3.63, 3.8) is 0 Å². The van der Waals surface area contributed by atoms with Gasteiger partial charge in [0.05, 0.1) is 0 Å². The molecule has 11 heavy (non-hydrogen) atoms. The number of aliphatic carboxylic acids is 1. The first-order valence-electron chi connectivity index (χ1n) is 3.73. The molecule has 0 aromatic carbocycles. The number of hydrogen-bond acceptors (Lipinski definition) is 2. The fraction of sp³-hybridized carbons (Fsp3) is 0.750. The van der Waals surface area contributed by atoms with Crippen molar-refractivity contribution in [3.05, 3.63) is 0 Å². The minimum Gasteiger partial charge on any atom is -0.481 e. The van der Waals surface area contributed by atoms with Gasteiger partial charge in [-0.25, -0.2) is 0 Å². The third-order valence-electron chi connectivity index (χ3n) is 1.53. The molecular weight excluding hydrogens is 160 g/mol. The minimum atomic E-state index is -0.728. The molecule has 0 amide bonds. The molecule has 1 N–H and O–H groups in total. The van der Waals surface area contributed by atoms with Gasteiger partial charge in [-0.2, -0.15) is 0 Å². The smallest absolute Gasteiger partial charge is 0.303 e. The number of thiocarbonyl (C=S) groups is 1. The van der Waals surface area contributed by atoms with E-state index in [0.717, 1.165) is 6.42 Å². The average molecular weight is 174 g/mol. The van der Waals surface area contributed by atoms with E-state index in [1.54, 1.807) is 5.37 Å². The zero-order valence-corrected chi connectivity index (χ0v) is 7.73. The van der Waals surface area contributed by atoms with Crippen molar-refractivity contribution < 1.29 is 9.90 Å². The SMILES string of the molecule is CC(C=S)CC(C)CC(=O)O. The summed E-state index contributed by atoms with van der Waals surface area (Å²) < 4.78 is 0. The molecule has 0 rings (SSSR count). The number of carbonyl (C=O) groups is 1. The van der Waals surface area contributed by atoms with Gasteiger partial charge in [-0.3, -0.25) is 4.79 Å². The standard InChI is InChI=1S/C8H14O2S/c1-6(4-8(9)10)3-7(2)5-11/h5-7H,3-4H2,1-2H3,(H,9,10). The summed E-state index contributed by atoms with van der Waals surface area (Å²) in [6.07, 6.45) is 1.11. The number of hydrogen-bond donors (Lipinski definition) is 1. The van der Waals surface area contributed by atoms with Crippen molar-refractivity contribution in [2.45, 2.75) is 26.7 Å². The van der Waals surface area contributed by atoms with Gasteiger partial charge in [-0.1, -0.05) is 26.1 Å². The summed E-state index contributed by atoms with van der Waals surface area (Å²) in [5.74, 6) is -0.157. The van der Waals surface area contributed by atoms with Crippen molar-refractivity contribution in [1.82, 2.24) is 0 Å². The van der Waals surface area contributed by atoms with Crippen molar-refractivity contribution >= 4 is 23.6 Å². The Balaban J connectivity index is 3.59. The van der Waals surface area contributed by atoms with E-state index in [2.05, 4.69) is 0 Å². The second-order valence-electron chi connectivity index (χ2n) is 3.05. The maximum Gasteiger partial charge on any atom is 0.303 e.